The van der Waals surface area contributed by atoms with Gasteiger partial charge in [0.05, 0.1) is 5.02 Å². The average Bonchev–Trinajstić information content (AvgIpc) is 2.36. The van der Waals surface area contributed by atoms with E-state index in [0.717, 1.165) is 4.31 Å². The van der Waals surface area contributed by atoms with E-state index in [1.807, 2.05) is 0 Å². The van der Waals surface area contributed by atoms with Crippen molar-refractivity contribution in [2.75, 3.05) is 6.54 Å². The van der Waals surface area contributed by atoms with Crippen LogP contribution in [0.25, 0.3) is 0 Å². The van der Waals surface area contributed by atoms with E-state index in [4.69, 9.17) is 27.9 Å². The summed E-state index contributed by atoms with van der Waals surface area (Å²) in [6, 6.07) is 2.80. The van der Waals surface area contributed by atoms with Gasteiger partial charge in [-0.2, -0.15) is 4.31 Å². The molecule has 0 aromatic heterocycles. The first kappa shape index (κ1) is 22.2. The van der Waals surface area contributed by atoms with Crippen molar-refractivity contribution >= 4 is 39.2 Å². The lowest BCUT2D eigenvalue weighted by atomic mass is 10.1. The molecule has 142 valence electrons. The normalized spacial score (nSPS) is 13.2. The molecule has 0 aliphatic heterocycles. The zero-order valence-corrected chi connectivity index (χ0v) is 17.9. The average molecular weight is 410 g/mol. The molecule has 8 heteroatoms. The second-order valence-electron chi connectivity index (χ2n) is 7.80. The van der Waals surface area contributed by atoms with Crippen LogP contribution in [-0.4, -0.2) is 36.4 Å². The molecule has 0 N–H and O–H groups in total. The highest BCUT2D eigenvalue weighted by Crippen LogP contribution is 2.33. The molecule has 0 unspecified atom stereocenters. The first-order valence-electron chi connectivity index (χ1n) is 7.76. The van der Waals surface area contributed by atoms with Crippen LogP contribution < -0.4 is 0 Å². The maximum absolute atomic E-state index is 13.2. The SMILES string of the molecule is Cc1cc(S(=O)(=O)N(CC(=O)OC(C)(C)C)C(C)(C)C)c(Cl)cc1Cl. The lowest BCUT2D eigenvalue weighted by Gasteiger charge is -2.34. The maximum Gasteiger partial charge on any atom is 0.321 e. The second-order valence-corrected chi connectivity index (χ2v) is 10.4. The Balaban J connectivity index is 3.36. The number of benzene rings is 1. The summed E-state index contributed by atoms with van der Waals surface area (Å²) in [5, 5.41) is 0.382. The molecule has 0 aliphatic rings. The largest absolute Gasteiger partial charge is 0.459 e. The van der Waals surface area contributed by atoms with Gasteiger partial charge in [-0.15, -0.1) is 0 Å². The number of hydrogen-bond acceptors (Lipinski definition) is 4. The van der Waals surface area contributed by atoms with Crippen LogP contribution in [0, 0.1) is 6.92 Å². The molecule has 0 aliphatic carbocycles. The lowest BCUT2D eigenvalue weighted by Crippen LogP contribution is -2.49. The molecule has 0 saturated carbocycles. The van der Waals surface area contributed by atoms with Crippen molar-refractivity contribution in [1.29, 1.82) is 0 Å². The number of aryl methyl sites for hydroxylation is 1. The Morgan fingerprint density at radius 2 is 1.60 bits per heavy atom. The van der Waals surface area contributed by atoms with E-state index in [-0.39, 0.29) is 9.92 Å². The Morgan fingerprint density at radius 3 is 2.04 bits per heavy atom. The zero-order chi connectivity index (χ0) is 19.8. The van der Waals surface area contributed by atoms with E-state index in [9.17, 15) is 13.2 Å². The predicted molar refractivity (Wildman–Crippen MR) is 101 cm³/mol. The molecule has 25 heavy (non-hydrogen) atoms. The molecule has 0 bridgehead atoms. The molecule has 0 atom stereocenters. The fourth-order valence-electron chi connectivity index (χ4n) is 2.12. The molecule has 0 saturated heterocycles. The molecule has 0 heterocycles. The van der Waals surface area contributed by atoms with Crippen molar-refractivity contribution in [3.05, 3.63) is 27.7 Å². The van der Waals surface area contributed by atoms with Crippen molar-refractivity contribution in [1.82, 2.24) is 4.31 Å². The van der Waals surface area contributed by atoms with Crippen LogP contribution in [0.4, 0.5) is 0 Å². The Kier molecular flexibility index (Phi) is 6.60. The molecule has 0 fully saturated rings. The molecular weight excluding hydrogens is 385 g/mol. The number of halogens is 2. The minimum atomic E-state index is -4.04. The summed E-state index contributed by atoms with van der Waals surface area (Å²) in [4.78, 5) is 12.1. The van der Waals surface area contributed by atoms with E-state index in [1.54, 1.807) is 48.5 Å². The van der Waals surface area contributed by atoms with Crippen molar-refractivity contribution in [2.24, 2.45) is 0 Å². The summed E-state index contributed by atoms with van der Waals surface area (Å²) in [6.45, 7) is 11.5. The van der Waals surface area contributed by atoms with E-state index in [0.29, 0.717) is 10.6 Å². The first-order chi connectivity index (χ1) is 11.1. The highest BCUT2D eigenvalue weighted by molar-refractivity contribution is 7.89. The van der Waals surface area contributed by atoms with Gasteiger partial charge in [-0.05, 0) is 66.2 Å². The van der Waals surface area contributed by atoms with Crippen molar-refractivity contribution in [3.8, 4) is 0 Å². The van der Waals surface area contributed by atoms with E-state index in [1.165, 1.54) is 12.1 Å². The summed E-state index contributed by atoms with van der Waals surface area (Å²) in [5.41, 5.74) is -0.985. The van der Waals surface area contributed by atoms with E-state index < -0.39 is 33.7 Å². The number of esters is 1. The molecule has 0 spiro atoms. The minimum absolute atomic E-state index is 0.00837. The standard InChI is InChI=1S/C17H25Cl2NO4S/c1-11-8-14(13(19)9-12(11)18)25(22,23)20(16(2,3)4)10-15(21)24-17(5,6)7/h8-9H,10H2,1-7H3. The topological polar surface area (TPSA) is 63.7 Å². The quantitative estimate of drug-likeness (QED) is 0.689. The summed E-state index contributed by atoms with van der Waals surface area (Å²) < 4.78 is 32.7. The molecule has 0 amide bonds. The van der Waals surface area contributed by atoms with Crippen LogP contribution in [0.2, 0.25) is 10.0 Å². The lowest BCUT2D eigenvalue weighted by molar-refractivity contribution is -0.155. The number of carbonyl (C=O) groups is 1. The van der Waals surface area contributed by atoms with Crippen LogP contribution in [0.5, 0.6) is 0 Å². The van der Waals surface area contributed by atoms with Gasteiger partial charge in [-0.1, -0.05) is 23.2 Å². The molecule has 0 radical (unpaired) electrons. The van der Waals surface area contributed by atoms with Gasteiger partial charge in [-0.3, -0.25) is 4.79 Å². The molecule has 1 aromatic carbocycles. The van der Waals surface area contributed by atoms with Gasteiger partial charge in [0.2, 0.25) is 10.0 Å². The number of rotatable bonds is 4. The Hall–Kier alpha value is -0.820. The predicted octanol–water partition coefficient (Wildman–Crippen LogP) is 4.43. The van der Waals surface area contributed by atoms with Gasteiger partial charge in [0.1, 0.15) is 17.0 Å². The highest BCUT2D eigenvalue weighted by atomic mass is 35.5. The minimum Gasteiger partial charge on any atom is -0.459 e. The number of sulfonamides is 1. The summed E-state index contributed by atoms with van der Waals surface area (Å²) in [5.74, 6) is -0.632. The third-order valence-corrected chi connectivity index (χ3v) is 6.20. The van der Waals surface area contributed by atoms with Gasteiger partial charge >= 0.3 is 5.97 Å². The number of nitrogens with zero attached hydrogens (tertiary/aromatic N) is 1. The zero-order valence-electron chi connectivity index (χ0n) is 15.6. The summed E-state index contributed by atoms with van der Waals surface area (Å²) >= 11 is 12.1. The van der Waals surface area contributed by atoms with Gasteiger partial charge < -0.3 is 4.74 Å². The fourth-order valence-corrected chi connectivity index (χ4v) is 4.66. The van der Waals surface area contributed by atoms with Crippen molar-refractivity contribution in [3.63, 3.8) is 0 Å². The monoisotopic (exact) mass is 409 g/mol. The van der Waals surface area contributed by atoms with Crippen LogP contribution in [0.15, 0.2) is 17.0 Å². The Bertz CT molecular complexity index is 762. The maximum atomic E-state index is 13.2. The van der Waals surface area contributed by atoms with Crippen LogP contribution >= 0.6 is 23.2 Å². The van der Waals surface area contributed by atoms with E-state index >= 15 is 0 Å². The molecule has 1 aromatic rings. The first-order valence-corrected chi connectivity index (χ1v) is 9.95. The third-order valence-electron chi connectivity index (χ3n) is 3.22. The second kappa shape index (κ2) is 7.43. The molecule has 5 nitrogen and oxygen atoms in total. The third kappa shape index (κ3) is 5.84. The van der Waals surface area contributed by atoms with Gasteiger partial charge in [0.15, 0.2) is 0 Å². The fraction of sp³-hybridized carbons (Fsp3) is 0.588. The number of ether oxygens (including phenoxy) is 1. The van der Waals surface area contributed by atoms with Gasteiger partial charge in [-0.25, -0.2) is 8.42 Å². The molecule has 1 rings (SSSR count). The van der Waals surface area contributed by atoms with Crippen LogP contribution in [0.1, 0.15) is 47.1 Å². The van der Waals surface area contributed by atoms with Gasteiger partial charge in [0, 0.05) is 10.6 Å². The van der Waals surface area contributed by atoms with Crippen molar-refractivity contribution in [2.45, 2.75) is 64.5 Å². The number of hydrogen-bond donors (Lipinski definition) is 0. The van der Waals surface area contributed by atoms with Crippen LogP contribution in [0.3, 0.4) is 0 Å². The Labute approximate surface area is 160 Å². The smallest absolute Gasteiger partial charge is 0.321 e. The molecular formula is C17H25Cl2NO4S. The van der Waals surface area contributed by atoms with Crippen molar-refractivity contribution < 1.29 is 17.9 Å². The van der Waals surface area contributed by atoms with Crippen LogP contribution in [-0.2, 0) is 19.6 Å². The highest BCUT2D eigenvalue weighted by Gasteiger charge is 2.38. The number of carbonyl (C=O) groups excluding carboxylic acids is 1. The summed E-state index contributed by atoms with van der Waals surface area (Å²) in [7, 11) is -4.04. The Morgan fingerprint density at radius 1 is 1.08 bits per heavy atom. The van der Waals surface area contributed by atoms with Gasteiger partial charge in [0.25, 0.3) is 0 Å². The summed E-state index contributed by atoms with van der Waals surface area (Å²) in [6.07, 6.45) is 0. The van der Waals surface area contributed by atoms with E-state index in [2.05, 4.69) is 0 Å².